The van der Waals surface area contributed by atoms with Gasteiger partial charge in [0.25, 0.3) is 5.91 Å². The second-order valence-corrected chi connectivity index (χ2v) is 7.32. The van der Waals surface area contributed by atoms with Gasteiger partial charge in [-0.05, 0) is 72.3 Å². The monoisotopic (exact) mass is 440 g/mol. The molecule has 0 radical (unpaired) electrons. The topological polar surface area (TPSA) is 41.9 Å². The second-order valence-electron chi connectivity index (χ2n) is 6.48. The highest BCUT2D eigenvalue weighted by Gasteiger charge is 2.32. The predicted molar refractivity (Wildman–Crippen MR) is 118 cm³/mol. The van der Waals surface area contributed by atoms with Gasteiger partial charge >= 0.3 is 0 Å². The summed E-state index contributed by atoms with van der Waals surface area (Å²) in [6.45, 7) is 0. The Labute approximate surface area is 182 Å². The summed E-state index contributed by atoms with van der Waals surface area (Å²) in [6.07, 6.45) is 1.61. The minimum Gasteiger partial charge on any atom is -0.497 e. The summed E-state index contributed by atoms with van der Waals surface area (Å²) in [6, 6.07) is 17.8. The van der Waals surface area contributed by atoms with Crippen molar-refractivity contribution >= 4 is 46.7 Å². The third kappa shape index (κ3) is 3.95. The molecule has 1 heterocycles. The summed E-state index contributed by atoms with van der Waals surface area (Å²) in [5.41, 5.74) is 2.03. The number of ether oxygens (including phenoxy) is 1. The maximum atomic E-state index is 13.4. The fraction of sp³-hybridized carbons (Fsp3) is 0.0435. The fourth-order valence-electron chi connectivity index (χ4n) is 3.05. The Morgan fingerprint density at radius 2 is 1.70 bits per heavy atom. The number of nitrogens with zero attached hydrogens (tertiary/aromatic N) is 2. The number of amides is 1. The number of benzene rings is 3. The Hall–Kier alpha value is -3.15. The molecular weight excluding hydrogens is 426 g/mol. The average Bonchev–Trinajstić information content (AvgIpc) is 3.07. The highest BCUT2D eigenvalue weighted by atomic mass is 35.5. The molecule has 0 unspecified atom stereocenters. The number of amidine groups is 1. The van der Waals surface area contributed by atoms with Crippen molar-refractivity contribution in [1.29, 1.82) is 0 Å². The van der Waals surface area contributed by atoms with Crippen LogP contribution in [0.2, 0.25) is 10.0 Å². The van der Waals surface area contributed by atoms with E-state index in [0.29, 0.717) is 38.4 Å². The first-order valence-corrected chi connectivity index (χ1v) is 9.72. The Morgan fingerprint density at radius 3 is 2.33 bits per heavy atom. The Balaban J connectivity index is 1.82. The van der Waals surface area contributed by atoms with Crippen LogP contribution in [0.5, 0.6) is 5.75 Å². The van der Waals surface area contributed by atoms with Gasteiger partial charge in [0.1, 0.15) is 23.1 Å². The van der Waals surface area contributed by atoms with Crippen LogP contribution >= 0.6 is 23.2 Å². The molecule has 150 valence electrons. The standard InChI is InChI=1S/C23H15Cl2FN2O2/c1-30-19-10-3-14(4-11-19)22-27-21(12-15-2-5-16(24)13-20(15)25)23(29)28(22)18-8-6-17(26)7-9-18/h2-13H,1H3/b21-12+. The molecule has 30 heavy (non-hydrogen) atoms. The van der Waals surface area contributed by atoms with E-state index >= 15 is 0 Å². The Bertz CT molecular complexity index is 1170. The smallest absolute Gasteiger partial charge is 0.282 e. The molecule has 0 spiro atoms. The van der Waals surface area contributed by atoms with Crippen molar-refractivity contribution in [2.45, 2.75) is 0 Å². The molecule has 0 bridgehead atoms. The minimum atomic E-state index is -0.392. The van der Waals surface area contributed by atoms with Gasteiger partial charge in [-0.1, -0.05) is 29.3 Å². The number of aliphatic imine (C=N–C) groups is 1. The zero-order valence-corrected chi connectivity index (χ0v) is 17.3. The number of carbonyl (C=O) groups is 1. The number of hydrogen-bond acceptors (Lipinski definition) is 3. The maximum absolute atomic E-state index is 13.4. The SMILES string of the molecule is COc1ccc(C2=N/C(=C/c3ccc(Cl)cc3Cl)C(=O)N2c2ccc(F)cc2)cc1. The van der Waals surface area contributed by atoms with Gasteiger partial charge in [0.2, 0.25) is 0 Å². The van der Waals surface area contributed by atoms with Crippen molar-refractivity contribution in [3.05, 3.63) is 99.4 Å². The van der Waals surface area contributed by atoms with Crippen molar-refractivity contribution in [2.24, 2.45) is 4.99 Å². The molecule has 4 rings (SSSR count). The van der Waals surface area contributed by atoms with E-state index < -0.39 is 5.82 Å². The molecule has 0 fully saturated rings. The first-order valence-electron chi connectivity index (χ1n) is 8.96. The van der Waals surface area contributed by atoms with Crippen LogP contribution in [0.1, 0.15) is 11.1 Å². The van der Waals surface area contributed by atoms with E-state index in [-0.39, 0.29) is 11.6 Å². The lowest BCUT2D eigenvalue weighted by Crippen LogP contribution is -2.32. The molecule has 3 aromatic rings. The quantitative estimate of drug-likeness (QED) is 0.468. The van der Waals surface area contributed by atoms with Crippen molar-refractivity contribution in [3.8, 4) is 5.75 Å². The van der Waals surface area contributed by atoms with Crippen LogP contribution in [0, 0.1) is 5.82 Å². The normalized spacial score (nSPS) is 14.9. The van der Waals surface area contributed by atoms with Gasteiger partial charge in [-0.25, -0.2) is 9.38 Å². The number of rotatable bonds is 4. The second kappa shape index (κ2) is 8.30. The summed E-state index contributed by atoms with van der Waals surface area (Å²) >= 11 is 12.2. The third-order valence-corrected chi connectivity index (χ3v) is 5.11. The summed E-state index contributed by atoms with van der Waals surface area (Å²) < 4.78 is 18.6. The number of anilines is 1. The molecule has 0 aromatic heterocycles. The Morgan fingerprint density at radius 1 is 1.00 bits per heavy atom. The molecule has 0 saturated carbocycles. The molecule has 1 aliphatic heterocycles. The predicted octanol–water partition coefficient (Wildman–Crippen LogP) is 5.98. The van der Waals surface area contributed by atoms with Gasteiger partial charge in [0, 0.05) is 15.6 Å². The molecule has 1 aliphatic rings. The highest BCUT2D eigenvalue weighted by Crippen LogP contribution is 2.30. The maximum Gasteiger partial charge on any atom is 0.282 e. The molecule has 1 amide bonds. The van der Waals surface area contributed by atoms with Crippen LogP contribution in [0.15, 0.2) is 77.4 Å². The first kappa shape index (κ1) is 20.1. The zero-order valence-electron chi connectivity index (χ0n) is 15.8. The molecule has 0 saturated heterocycles. The lowest BCUT2D eigenvalue weighted by Gasteiger charge is -2.18. The van der Waals surface area contributed by atoms with Gasteiger partial charge in [0.05, 0.1) is 12.8 Å². The van der Waals surface area contributed by atoms with Crippen LogP contribution in [0.4, 0.5) is 10.1 Å². The Kier molecular flexibility index (Phi) is 5.57. The van der Waals surface area contributed by atoms with Crippen molar-refractivity contribution in [3.63, 3.8) is 0 Å². The van der Waals surface area contributed by atoms with Gasteiger partial charge in [-0.3, -0.25) is 9.69 Å². The number of carbonyl (C=O) groups excluding carboxylic acids is 1. The largest absolute Gasteiger partial charge is 0.497 e. The molecule has 3 aromatic carbocycles. The number of methoxy groups -OCH3 is 1. The average molecular weight is 441 g/mol. The van der Waals surface area contributed by atoms with Gasteiger partial charge < -0.3 is 4.74 Å². The lowest BCUT2D eigenvalue weighted by molar-refractivity contribution is -0.113. The lowest BCUT2D eigenvalue weighted by atomic mass is 10.1. The van der Waals surface area contributed by atoms with Gasteiger partial charge in [-0.2, -0.15) is 0 Å². The van der Waals surface area contributed by atoms with Gasteiger partial charge in [-0.15, -0.1) is 0 Å². The molecule has 0 atom stereocenters. The van der Waals surface area contributed by atoms with E-state index in [1.807, 2.05) is 0 Å². The zero-order chi connectivity index (χ0) is 21.3. The molecule has 0 N–H and O–H groups in total. The van der Waals surface area contributed by atoms with Gasteiger partial charge in [0.15, 0.2) is 0 Å². The van der Waals surface area contributed by atoms with E-state index in [4.69, 9.17) is 27.9 Å². The van der Waals surface area contributed by atoms with Crippen molar-refractivity contribution in [1.82, 2.24) is 0 Å². The van der Waals surface area contributed by atoms with E-state index in [9.17, 15) is 9.18 Å². The van der Waals surface area contributed by atoms with E-state index in [1.54, 1.807) is 55.7 Å². The van der Waals surface area contributed by atoms with E-state index in [2.05, 4.69) is 4.99 Å². The minimum absolute atomic E-state index is 0.203. The van der Waals surface area contributed by atoms with E-state index in [1.165, 1.54) is 29.2 Å². The first-order chi connectivity index (χ1) is 14.5. The van der Waals surface area contributed by atoms with Crippen LogP contribution in [0.3, 0.4) is 0 Å². The fourth-order valence-corrected chi connectivity index (χ4v) is 3.51. The van der Waals surface area contributed by atoms with Crippen molar-refractivity contribution < 1.29 is 13.9 Å². The summed E-state index contributed by atoms with van der Waals surface area (Å²) in [5, 5.41) is 0.902. The summed E-state index contributed by atoms with van der Waals surface area (Å²) in [7, 11) is 1.58. The van der Waals surface area contributed by atoms with E-state index in [0.717, 1.165) is 0 Å². The van der Waals surface area contributed by atoms with Crippen LogP contribution in [0.25, 0.3) is 6.08 Å². The van der Waals surface area contributed by atoms with Crippen LogP contribution < -0.4 is 9.64 Å². The summed E-state index contributed by atoms with van der Waals surface area (Å²) in [5.74, 6) is 0.363. The molecule has 0 aliphatic carbocycles. The van der Waals surface area contributed by atoms with Crippen LogP contribution in [-0.2, 0) is 4.79 Å². The third-order valence-electron chi connectivity index (χ3n) is 4.55. The molecular formula is C23H15Cl2FN2O2. The van der Waals surface area contributed by atoms with Crippen molar-refractivity contribution in [2.75, 3.05) is 12.0 Å². The highest BCUT2D eigenvalue weighted by molar-refractivity contribution is 6.36. The molecule has 7 heteroatoms. The number of halogens is 3. The summed E-state index contributed by atoms with van der Waals surface area (Å²) in [4.78, 5) is 19.2. The van der Waals surface area contributed by atoms with Crippen LogP contribution in [-0.4, -0.2) is 18.9 Å². The molecule has 4 nitrogen and oxygen atoms in total. The number of hydrogen-bond donors (Lipinski definition) is 0.